The maximum absolute atomic E-state index is 14.1. The Balaban J connectivity index is 1.52. The van der Waals surface area contributed by atoms with Crippen molar-refractivity contribution in [2.45, 2.75) is 36.7 Å². The van der Waals surface area contributed by atoms with Crippen LogP contribution in [0.5, 0.6) is 5.75 Å². The van der Waals surface area contributed by atoms with Gasteiger partial charge in [0.05, 0.1) is 27.7 Å². The van der Waals surface area contributed by atoms with E-state index in [2.05, 4.69) is 13.8 Å². The predicted molar refractivity (Wildman–Crippen MR) is 150 cm³/mol. The maximum atomic E-state index is 14.1. The third kappa shape index (κ3) is 5.75. The molecule has 0 amide bonds. The van der Waals surface area contributed by atoms with Crippen molar-refractivity contribution >= 4 is 60.6 Å². The van der Waals surface area contributed by atoms with E-state index in [0.717, 1.165) is 33.9 Å². The van der Waals surface area contributed by atoms with Crippen LogP contribution >= 0.6 is 23.2 Å². The minimum atomic E-state index is -4.86. The fourth-order valence-electron chi connectivity index (χ4n) is 4.56. The Morgan fingerprint density at radius 3 is 2.23 bits per heavy atom. The molecule has 40 heavy (non-hydrogen) atoms. The zero-order valence-corrected chi connectivity index (χ0v) is 23.3. The second kappa shape index (κ2) is 11.1. The molecule has 4 aromatic rings. The number of ether oxygens (including phenoxy) is 2. The van der Waals surface area contributed by atoms with Crippen LogP contribution in [0.15, 0.2) is 76.2 Å². The zero-order chi connectivity index (χ0) is 28.7. The highest BCUT2D eigenvalue weighted by Crippen LogP contribution is 2.37. The van der Waals surface area contributed by atoms with Gasteiger partial charge in [0.15, 0.2) is 0 Å². The second-order valence-corrected chi connectivity index (χ2v) is 12.0. The largest absolute Gasteiger partial charge is 0.573 e. The summed E-state index contributed by atoms with van der Waals surface area (Å²) in [7, 11) is -3.38. The molecule has 2 N–H and O–H groups in total. The van der Waals surface area contributed by atoms with Crippen molar-refractivity contribution in [2.75, 3.05) is 13.2 Å². The van der Waals surface area contributed by atoms with Gasteiger partial charge in [-0.3, -0.25) is 0 Å². The van der Waals surface area contributed by atoms with Crippen molar-refractivity contribution in [1.29, 1.82) is 0 Å². The summed E-state index contributed by atoms with van der Waals surface area (Å²) in [5.41, 5.74) is 1.86. The standard InChI is InChI=1S/C27H24Cl2F3N3O4S/c1-2-11-33-40(37,19-7-5-18(6-8-19)39-27(30,31)32)34-22-14-38-15-25(26(22)36)35-23-9-3-16(28)12-20(23)21-13-17(29)4-10-24(21)35/h3-10,12-13,15,22,26,36H,2,11,14H2,1H3,(H,33,34,37)/t22-,26-,40?/m1/s1. The maximum Gasteiger partial charge on any atom is 0.573 e. The van der Waals surface area contributed by atoms with Gasteiger partial charge in [0.1, 0.15) is 34.6 Å². The Bertz CT molecular complexity index is 1660. The first-order valence-corrected chi connectivity index (χ1v) is 14.5. The normalized spacial score (nSPS) is 19.2. The molecule has 5 rings (SSSR count). The van der Waals surface area contributed by atoms with Crippen LogP contribution in [0.2, 0.25) is 10.0 Å². The highest BCUT2D eigenvalue weighted by molar-refractivity contribution is 7.91. The number of hydrogen-bond acceptors (Lipinski definition) is 5. The Hall–Kier alpha value is -2.96. The van der Waals surface area contributed by atoms with E-state index in [4.69, 9.17) is 27.9 Å². The molecule has 0 bridgehead atoms. The summed E-state index contributed by atoms with van der Waals surface area (Å²) >= 11 is 12.5. The van der Waals surface area contributed by atoms with Crippen LogP contribution in [0, 0.1) is 0 Å². The highest BCUT2D eigenvalue weighted by Gasteiger charge is 2.34. The summed E-state index contributed by atoms with van der Waals surface area (Å²) < 4.78 is 70.6. The second-order valence-electron chi connectivity index (χ2n) is 9.10. The van der Waals surface area contributed by atoms with Crippen LogP contribution < -0.4 is 9.46 Å². The number of nitrogens with zero attached hydrogens (tertiary/aromatic N) is 2. The van der Waals surface area contributed by atoms with Crippen molar-refractivity contribution in [3.63, 3.8) is 0 Å². The Kier molecular flexibility index (Phi) is 7.95. The molecule has 0 saturated heterocycles. The fraction of sp³-hybridized carbons (Fsp3) is 0.259. The lowest BCUT2D eigenvalue weighted by atomic mass is 10.1. The average molecular weight is 614 g/mol. The van der Waals surface area contributed by atoms with Crippen LogP contribution in [-0.4, -0.2) is 45.5 Å². The molecule has 1 aliphatic heterocycles. The van der Waals surface area contributed by atoms with E-state index in [0.29, 0.717) is 22.2 Å². The number of aromatic nitrogens is 1. The van der Waals surface area contributed by atoms with E-state index in [1.165, 1.54) is 18.4 Å². The van der Waals surface area contributed by atoms with Gasteiger partial charge in [-0.15, -0.1) is 13.2 Å². The topological polar surface area (TPSA) is 85.1 Å². The molecule has 13 heteroatoms. The summed E-state index contributed by atoms with van der Waals surface area (Å²) in [6.07, 6.45) is -4.04. The number of aliphatic hydroxyl groups excluding tert-OH is 1. The predicted octanol–water partition coefficient (Wildman–Crippen LogP) is 7.00. The van der Waals surface area contributed by atoms with Crippen LogP contribution in [0.3, 0.4) is 0 Å². The van der Waals surface area contributed by atoms with E-state index in [1.807, 2.05) is 23.6 Å². The van der Waals surface area contributed by atoms with Gasteiger partial charge in [0, 0.05) is 27.4 Å². The molecule has 1 aromatic heterocycles. The first-order valence-electron chi connectivity index (χ1n) is 12.2. The monoisotopic (exact) mass is 613 g/mol. The average Bonchev–Trinajstić information content (AvgIpc) is 3.20. The van der Waals surface area contributed by atoms with Crippen LogP contribution in [0.1, 0.15) is 13.3 Å². The molecule has 0 radical (unpaired) electrons. The lowest BCUT2D eigenvalue weighted by Gasteiger charge is -2.31. The van der Waals surface area contributed by atoms with Gasteiger partial charge in [-0.1, -0.05) is 30.1 Å². The quantitative estimate of drug-likeness (QED) is 0.235. The molecular formula is C27H24Cl2F3N3O4S. The molecule has 212 valence electrons. The van der Waals surface area contributed by atoms with Gasteiger partial charge in [-0.05, 0) is 67.1 Å². The molecule has 1 aliphatic rings. The summed E-state index contributed by atoms with van der Waals surface area (Å²) in [5.74, 6) is -0.452. The third-order valence-electron chi connectivity index (χ3n) is 6.30. The van der Waals surface area contributed by atoms with E-state index in [-0.39, 0.29) is 18.0 Å². The molecule has 2 heterocycles. The third-order valence-corrected chi connectivity index (χ3v) is 8.85. The Morgan fingerprint density at radius 1 is 1.07 bits per heavy atom. The fourth-order valence-corrected chi connectivity index (χ4v) is 6.82. The number of alkyl halides is 3. The zero-order valence-electron chi connectivity index (χ0n) is 21.0. The molecule has 7 nitrogen and oxygen atoms in total. The molecule has 3 aromatic carbocycles. The Morgan fingerprint density at radius 2 is 1.68 bits per heavy atom. The summed E-state index contributed by atoms with van der Waals surface area (Å²) in [4.78, 5) is 0.139. The van der Waals surface area contributed by atoms with Crippen LogP contribution in [0.4, 0.5) is 13.2 Å². The number of hydrogen-bond donors (Lipinski definition) is 2. The Labute approximate surface area is 238 Å². The van der Waals surface area contributed by atoms with Gasteiger partial charge in [0.2, 0.25) is 0 Å². The van der Waals surface area contributed by atoms with E-state index in [9.17, 15) is 22.5 Å². The van der Waals surface area contributed by atoms with Gasteiger partial charge in [-0.2, -0.15) is 0 Å². The van der Waals surface area contributed by atoms with Crippen LogP contribution in [-0.2, 0) is 14.7 Å². The number of nitrogens with one attached hydrogen (secondary N) is 1. The van der Waals surface area contributed by atoms with Gasteiger partial charge >= 0.3 is 6.36 Å². The van der Waals surface area contributed by atoms with Crippen molar-refractivity contribution in [3.05, 3.63) is 77.0 Å². The minimum Gasteiger partial charge on any atom is -0.497 e. The van der Waals surface area contributed by atoms with Crippen molar-refractivity contribution in [1.82, 2.24) is 9.29 Å². The van der Waals surface area contributed by atoms with Crippen LogP contribution in [0.25, 0.3) is 27.5 Å². The molecule has 0 spiro atoms. The lowest BCUT2D eigenvalue weighted by Crippen LogP contribution is -2.48. The molecular weight excluding hydrogens is 590 g/mol. The van der Waals surface area contributed by atoms with Gasteiger partial charge in [-0.25, -0.2) is 13.3 Å². The van der Waals surface area contributed by atoms with E-state index < -0.39 is 34.2 Å². The number of fused-ring (bicyclic) bond motifs is 3. The number of benzene rings is 3. The number of halogens is 5. The minimum absolute atomic E-state index is 0.0344. The number of aliphatic hydroxyl groups is 1. The van der Waals surface area contributed by atoms with E-state index in [1.54, 1.807) is 24.3 Å². The van der Waals surface area contributed by atoms with Crippen molar-refractivity contribution < 1.29 is 32.0 Å². The molecule has 3 atom stereocenters. The molecule has 0 fully saturated rings. The summed E-state index contributed by atoms with van der Waals surface area (Å²) in [6, 6.07) is 14.5. The van der Waals surface area contributed by atoms with Gasteiger partial charge < -0.3 is 19.1 Å². The van der Waals surface area contributed by atoms with Gasteiger partial charge in [0.25, 0.3) is 0 Å². The first kappa shape index (κ1) is 28.6. The van der Waals surface area contributed by atoms with Crippen molar-refractivity contribution in [3.8, 4) is 5.75 Å². The molecule has 1 unspecified atom stereocenters. The summed E-state index contributed by atoms with van der Waals surface area (Å²) in [6.45, 7) is 2.03. The molecule has 0 saturated carbocycles. The summed E-state index contributed by atoms with van der Waals surface area (Å²) in [5, 5.41) is 14.2. The first-order chi connectivity index (χ1) is 19.0. The van der Waals surface area contributed by atoms with E-state index >= 15 is 0 Å². The molecule has 0 aliphatic carbocycles. The number of rotatable bonds is 7. The SMILES string of the molecule is CCCN=S(=O)(N[C@@H]1COC=C(n2c3ccc(Cl)cc3c3cc(Cl)ccc32)[C@@H]1O)c1ccc(OC(F)(F)F)cc1. The lowest BCUT2D eigenvalue weighted by molar-refractivity contribution is -0.274. The van der Waals surface area contributed by atoms with Crippen molar-refractivity contribution in [2.24, 2.45) is 4.36 Å². The smallest absolute Gasteiger partial charge is 0.497 e. The highest BCUT2D eigenvalue weighted by atomic mass is 35.5.